The summed E-state index contributed by atoms with van der Waals surface area (Å²) in [7, 11) is 3.19. The number of rotatable bonds is 6. The number of hydrogen-bond donors (Lipinski definition) is 2. The van der Waals surface area contributed by atoms with Crippen LogP contribution in [0.3, 0.4) is 0 Å². The predicted octanol–water partition coefficient (Wildman–Crippen LogP) is 3.34. The highest BCUT2D eigenvalue weighted by Gasteiger charge is 2.21. The molecule has 2 N–H and O–H groups in total. The second kappa shape index (κ2) is 7.09. The summed E-state index contributed by atoms with van der Waals surface area (Å²) in [5.74, 6) is 2.10. The van der Waals surface area contributed by atoms with Crippen molar-refractivity contribution in [1.82, 2.24) is 9.97 Å². The maximum absolute atomic E-state index is 10.6. The van der Waals surface area contributed by atoms with E-state index in [9.17, 15) is 5.11 Å². The molecule has 4 rings (SSSR count). The lowest BCUT2D eigenvalue weighted by atomic mass is 10.1. The van der Waals surface area contributed by atoms with E-state index in [1.807, 2.05) is 12.1 Å². The number of anilines is 1. The SMILES string of the molecule is COc1cc(OC)cc(C(O)CNc2ncnc3sc4c(c23)CCC4)c1. The molecule has 0 radical (unpaired) electrons. The molecule has 2 heterocycles. The first kappa shape index (κ1) is 17.1. The van der Waals surface area contributed by atoms with Crippen LogP contribution in [0.25, 0.3) is 10.2 Å². The van der Waals surface area contributed by atoms with Gasteiger partial charge in [-0.25, -0.2) is 9.97 Å². The van der Waals surface area contributed by atoms with E-state index in [-0.39, 0.29) is 0 Å². The van der Waals surface area contributed by atoms with Crippen molar-refractivity contribution in [2.75, 3.05) is 26.1 Å². The van der Waals surface area contributed by atoms with Gasteiger partial charge in [-0.15, -0.1) is 11.3 Å². The fraction of sp³-hybridized carbons (Fsp3) is 0.368. The van der Waals surface area contributed by atoms with Gasteiger partial charge in [-0.1, -0.05) is 0 Å². The number of aliphatic hydroxyl groups is 1. The third-order valence-corrected chi connectivity index (χ3v) is 5.92. The van der Waals surface area contributed by atoms with E-state index in [2.05, 4.69) is 15.3 Å². The monoisotopic (exact) mass is 371 g/mol. The summed E-state index contributed by atoms with van der Waals surface area (Å²) >= 11 is 1.75. The van der Waals surface area contributed by atoms with Crippen LogP contribution >= 0.6 is 11.3 Å². The largest absolute Gasteiger partial charge is 0.497 e. The van der Waals surface area contributed by atoms with Gasteiger partial charge in [0, 0.05) is 17.5 Å². The van der Waals surface area contributed by atoms with Crippen molar-refractivity contribution in [2.45, 2.75) is 25.4 Å². The predicted molar refractivity (Wildman–Crippen MR) is 102 cm³/mol. The topological polar surface area (TPSA) is 76.5 Å². The Bertz CT molecular complexity index is 919. The third kappa shape index (κ3) is 3.08. The van der Waals surface area contributed by atoms with Crippen molar-refractivity contribution in [1.29, 1.82) is 0 Å². The van der Waals surface area contributed by atoms with Gasteiger partial charge in [-0.2, -0.15) is 0 Å². The molecule has 0 aliphatic heterocycles. The van der Waals surface area contributed by atoms with Crippen LogP contribution < -0.4 is 14.8 Å². The van der Waals surface area contributed by atoms with Gasteiger partial charge in [0.15, 0.2) is 0 Å². The Balaban J connectivity index is 1.57. The summed E-state index contributed by atoms with van der Waals surface area (Å²) in [6, 6.07) is 5.41. The number of benzene rings is 1. The molecule has 26 heavy (non-hydrogen) atoms. The Labute approximate surface area is 155 Å². The molecule has 1 aromatic carbocycles. The van der Waals surface area contributed by atoms with E-state index in [0.29, 0.717) is 18.0 Å². The molecule has 3 aromatic rings. The minimum Gasteiger partial charge on any atom is -0.497 e. The fourth-order valence-electron chi connectivity index (χ4n) is 3.40. The first-order valence-electron chi connectivity index (χ1n) is 8.59. The molecule has 1 unspecified atom stereocenters. The molecule has 6 nitrogen and oxygen atoms in total. The molecule has 0 bridgehead atoms. The molecule has 0 saturated heterocycles. The van der Waals surface area contributed by atoms with Crippen LogP contribution in [0.1, 0.15) is 28.5 Å². The highest BCUT2D eigenvalue weighted by Crippen LogP contribution is 2.39. The minimum atomic E-state index is -0.712. The van der Waals surface area contributed by atoms with Crippen LogP contribution in [0, 0.1) is 0 Å². The number of nitrogens with zero attached hydrogens (tertiary/aromatic N) is 2. The molecule has 1 atom stereocenters. The van der Waals surface area contributed by atoms with Gasteiger partial charge in [0.05, 0.1) is 25.7 Å². The molecule has 0 spiro atoms. The number of nitrogens with one attached hydrogen (secondary N) is 1. The molecule has 2 aromatic heterocycles. The zero-order valence-electron chi connectivity index (χ0n) is 14.8. The van der Waals surface area contributed by atoms with Crippen LogP contribution in [0.4, 0.5) is 5.82 Å². The van der Waals surface area contributed by atoms with Gasteiger partial charge in [-0.05, 0) is 42.5 Å². The fourth-order valence-corrected chi connectivity index (χ4v) is 4.62. The Morgan fingerprint density at radius 3 is 2.65 bits per heavy atom. The molecule has 136 valence electrons. The van der Waals surface area contributed by atoms with E-state index in [0.717, 1.165) is 34.4 Å². The highest BCUT2D eigenvalue weighted by molar-refractivity contribution is 7.19. The Kier molecular flexibility index (Phi) is 4.65. The number of aromatic nitrogens is 2. The molecule has 1 aliphatic rings. The molecular formula is C19H21N3O3S. The molecule has 0 fully saturated rings. The number of thiophene rings is 1. The summed E-state index contributed by atoms with van der Waals surface area (Å²) < 4.78 is 10.6. The first-order chi connectivity index (χ1) is 12.7. The number of aliphatic hydroxyl groups excluding tert-OH is 1. The summed E-state index contributed by atoms with van der Waals surface area (Å²) in [4.78, 5) is 11.3. The van der Waals surface area contributed by atoms with Crippen molar-refractivity contribution in [3.05, 3.63) is 40.5 Å². The maximum atomic E-state index is 10.6. The van der Waals surface area contributed by atoms with Crippen LogP contribution in [0.15, 0.2) is 24.5 Å². The summed E-state index contributed by atoms with van der Waals surface area (Å²) in [5.41, 5.74) is 2.10. The van der Waals surface area contributed by atoms with E-state index >= 15 is 0 Å². The molecular weight excluding hydrogens is 350 g/mol. The van der Waals surface area contributed by atoms with Crippen LogP contribution in [0.2, 0.25) is 0 Å². The number of hydrogen-bond acceptors (Lipinski definition) is 7. The Hall–Kier alpha value is -2.38. The number of aryl methyl sites for hydroxylation is 2. The van der Waals surface area contributed by atoms with E-state index < -0.39 is 6.10 Å². The van der Waals surface area contributed by atoms with Crippen molar-refractivity contribution < 1.29 is 14.6 Å². The van der Waals surface area contributed by atoms with Crippen LogP contribution in [-0.2, 0) is 12.8 Å². The number of methoxy groups -OCH3 is 2. The van der Waals surface area contributed by atoms with Gasteiger partial charge < -0.3 is 19.9 Å². The molecule has 0 amide bonds. The maximum Gasteiger partial charge on any atom is 0.138 e. The first-order valence-corrected chi connectivity index (χ1v) is 9.41. The standard InChI is InChI=1S/C19H21N3O3S/c1-24-12-6-11(7-13(8-12)25-2)15(23)9-20-18-17-14-4-3-5-16(14)26-19(17)22-10-21-18/h6-8,10,15,23H,3-5,9H2,1-2H3,(H,20,21,22). The van der Waals surface area contributed by atoms with Crippen LogP contribution in [0.5, 0.6) is 11.5 Å². The van der Waals surface area contributed by atoms with E-state index in [1.165, 1.54) is 16.9 Å². The average molecular weight is 371 g/mol. The van der Waals surface area contributed by atoms with Gasteiger partial charge in [0.2, 0.25) is 0 Å². The second-order valence-corrected chi connectivity index (χ2v) is 7.39. The van der Waals surface area contributed by atoms with Crippen molar-refractivity contribution in [2.24, 2.45) is 0 Å². The molecule has 0 saturated carbocycles. The average Bonchev–Trinajstić information content (AvgIpc) is 3.26. The van der Waals surface area contributed by atoms with Crippen molar-refractivity contribution in [3.63, 3.8) is 0 Å². The Morgan fingerprint density at radius 2 is 1.92 bits per heavy atom. The van der Waals surface area contributed by atoms with Gasteiger partial charge in [-0.3, -0.25) is 0 Å². The van der Waals surface area contributed by atoms with Gasteiger partial charge in [0.25, 0.3) is 0 Å². The smallest absolute Gasteiger partial charge is 0.138 e. The third-order valence-electron chi connectivity index (χ3n) is 4.72. The lowest BCUT2D eigenvalue weighted by Gasteiger charge is -2.15. The number of ether oxygens (including phenoxy) is 2. The normalized spacial score (nSPS) is 14.3. The van der Waals surface area contributed by atoms with Gasteiger partial charge in [0.1, 0.15) is 28.5 Å². The minimum absolute atomic E-state index is 0.340. The van der Waals surface area contributed by atoms with Crippen molar-refractivity contribution >= 4 is 27.4 Å². The Morgan fingerprint density at radius 1 is 1.15 bits per heavy atom. The lowest BCUT2D eigenvalue weighted by molar-refractivity contribution is 0.190. The summed E-state index contributed by atoms with van der Waals surface area (Å²) in [6.45, 7) is 0.340. The number of fused-ring (bicyclic) bond motifs is 3. The van der Waals surface area contributed by atoms with Crippen LogP contribution in [-0.4, -0.2) is 35.8 Å². The highest BCUT2D eigenvalue weighted by atomic mass is 32.1. The van der Waals surface area contributed by atoms with E-state index in [1.54, 1.807) is 38.0 Å². The molecule has 7 heteroatoms. The zero-order chi connectivity index (χ0) is 18.1. The summed E-state index contributed by atoms with van der Waals surface area (Å²) in [6.07, 6.45) is 4.26. The summed E-state index contributed by atoms with van der Waals surface area (Å²) in [5, 5.41) is 15.0. The zero-order valence-corrected chi connectivity index (χ0v) is 15.6. The van der Waals surface area contributed by atoms with Gasteiger partial charge >= 0.3 is 0 Å². The van der Waals surface area contributed by atoms with Crippen molar-refractivity contribution in [3.8, 4) is 11.5 Å². The second-order valence-electron chi connectivity index (χ2n) is 6.30. The quantitative estimate of drug-likeness (QED) is 0.692. The van der Waals surface area contributed by atoms with E-state index in [4.69, 9.17) is 9.47 Å². The molecule has 1 aliphatic carbocycles. The lowest BCUT2D eigenvalue weighted by Crippen LogP contribution is -2.13.